The molecule has 1 rings (SSSR count). The van der Waals surface area contributed by atoms with Crippen LogP contribution in [0, 0.1) is 0 Å². The van der Waals surface area contributed by atoms with Gasteiger partial charge in [-0.2, -0.15) is 0 Å². The van der Waals surface area contributed by atoms with Crippen molar-refractivity contribution >= 4 is 12.0 Å². The van der Waals surface area contributed by atoms with Crippen LogP contribution in [0.2, 0.25) is 0 Å². The van der Waals surface area contributed by atoms with Gasteiger partial charge in [0.2, 0.25) is 0 Å². The minimum Gasteiger partial charge on any atom is -0.377 e. The van der Waals surface area contributed by atoms with Gasteiger partial charge >= 0.3 is 0 Å². The van der Waals surface area contributed by atoms with Crippen LogP contribution in [0.15, 0.2) is 24.3 Å². The van der Waals surface area contributed by atoms with Crippen LogP contribution in [-0.2, 0) is 0 Å². The van der Waals surface area contributed by atoms with Crippen LogP contribution >= 0.6 is 0 Å². The number of carbonyl (C=O) groups excluding carboxylic acids is 1. The van der Waals surface area contributed by atoms with Crippen LogP contribution in [0.3, 0.4) is 0 Å². The highest BCUT2D eigenvalue weighted by molar-refractivity contribution is 5.83. The van der Waals surface area contributed by atoms with Crippen LogP contribution in [0.1, 0.15) is 10.4 Å². The summed E-state index contributed by atoms with van der Waals surface area (Å²) in [7, 11) is 0. The average molecular weight is 151 g/mol. The van der Waals surface area contributed by atoms with Crippen molar-refractivity contribution in [3.05, 3.63) is 29.8 Å². The second-order valence-electron chi connectivity index (χ2n) is 2.04. The maximum atomic E-state index is 10.4. The molecule has 58 valence electrons. The normalized spacial score (nSPS) is 9.18. The molecule has 0 saturated heterocycles. The summed E-state index contributed by atoms with van der Waals surface area (Å²) < 4.78 is 0. The van der Waals surface area contributed by atoms with E-state index < -0.39 is 0 Å². The van der Waals surface area contributed by atoms with Gasteiger partial charge in [0.25, 0.3) is 0 Å². The summed E-state index contributed by atoms with van der Waals surface area (Å²) in [6, 6.07) is 6.99. The first-order valence-electron chi connectivity index (χ1n) is 3.27. The van der Waals surface area contributed by atoms with Crippen LogP contribution < -0.4 is 5.32 Å². The van der Waals surface area contributed by atoms with E-state index in [1.165, 1.54) is 0 Å². The predicted octanol–water partition coefficient (Wildman–Crippen LogP) is 0.861. The zero-order valence-electron chi connectivity index (χ0n) is 5.95. The van der Waals surface area contributed by atoms with E-state index in [0.29, 0.717) is 11.3 Å². The lowest BCUT2D eigenvalue weighted by Gasteiger charge is -2.03. The minimum absolute atomic E-state index is 0.162. The number of aldehydes is 1. The Hall–Kier alpha value is -1.35. The van der Waals surface area contributed by atoms with Crippen molar-refractivity contribution in [3.63, 3.8) is 0 Å². The fourth-order valence-electron chi connectivity index (χ4n) is 0.846. The molecule has 0 radical (unpaired) electrons. The number of hydrogen-bond acceptors (Lipinski definition) is 3. The molecule has 0 saturated carbocycles. The lowest BCUT2D eigenvalue weighted by atomic mass is 10.2. The third-order valence-electron chi connectivity index (χ3n) is 1.36. The topological polar surface area (TPSA) is 49.3 Å². The molecule has 11 heavy (non-hydrogen) atoms. The first kappa shape index (κ1) is 7.75. The molecule has 3 nitrogen and oxygen atoms in total. The molecule has 0 unspecified atom stereocenters. The lowest BCUT2D eigenvalue weighted by molar-refractivity contribution is 0.112. The van der Waals surface area contributed by atoms with Gasteiger partial charge in [-0.05, 0) is 12.1 Å². The highest BCUT2D eigenvalue weighted by Crippen LogP contribution is 2.11. The summed E-state index contributed by atoms with van der Waals surface area (Å²) in [5, 5.41) is 11.2. The molecule has 0 aliphatic carbocycles. The third kappa shape index (κ3) is 1.78. The summed E-state index contributed by atoms with van der Waals surface area (Å²) in [5.74, 6) is 0. The molecule has 3 heteroatoms. The Balaban J connectivity index is 2.92. The van der Waals surface area contributed by atoms with Gasteiger partial charge in [-0.25, -0.2) is 0 Å². The van der Waals surface area contributed by atoms with Crippen LogP contribution in [0.4, 0.5) is 5.69 Å². The molecule has 0 aliphatic rings. The van der Waals surface area contributed by atoms with Crippen molar-refractivity contribution in [2.45, 2.75) is 0 Å². The van der Waals surface area contributed by atoms with E-state index in [9.17, 15) is 4.79 Å². The smallest absolute Gasteiger partial charge is 0.152 e. The number of rotatable bonds is 3. The Morgan fingerprint density at radius 3 is 2.82 bits per heavy atom. The molecule has 1 aromatic carbocycles. The van der Waals surface area contributed by atoms with Crippen molar-refractivity contribution in [2.75, 3.05) is 12.0 Å². The average Bonchev–Trinajstić information content (AvgIpc) is 2.06. The van der Waals surface area contributed by atoms with Crippen LogP contribution in [0.25, 0.3) is 0 Å². The molecule has 2 N–H and O–H groups in total. The molecule has 1 aromatic rings. The van der Waals surface area contributed by atoms with Crippen LogP contribution in [0.5, 0.6) is 0 Å². The second-order valence-corrected chi connectivity index (χ2v) is 2.04. The van der Waals surface area contributed by atoms with Crippen molar-refractivity contribution in [2.24, 2.45) is 0 Å². The van der Waals surface area contributed by atoms with E-state index in [1.807, 2.05) is 0 Å². The summed E-state index contributed by atoms with van der Waals surface area (Å²) in [6.45, 7) is -0.162. The first-order chi connectivity index (χ1) is 5.38. The predicted molar refractivity (Wildman–Crippen MR) is 42.5 cm³/mol. The zero-order chi connectivity index (χ0) is 8.10. The highest BCUT2D eigenvalue weighted by atomic mass is 16.3. The molecule has 0 aromatic heterocycles. The molecule has 0 amide bonds. The second kappa shape index (κ2) is 3.73. The molecule has 0 bridgehead atoms. The van der Waals surface area contributed by atoms with E-state index in [4.69, 9.17) is 5.11 Å². The fraction of sp³-hybridized carbons (Fsp3) is 0.125. The molecule has 0 fully saturated rings. The highest BCUT2D eigenvalue weighted by Gasteiger charge is 1.96. The molecule has 0 aliphatic heterocycles. The summed E-state index contributed by atoms with van der Waals surface area (Å²) in [4.78, 5) is 10.4. The Kier molecular flexibility index (Phi) is 2.63. The maximum absolute atomic E-state index is 10.4. The first-order valence-corrected chi connectivity index (χ1v) is 3.27. The van der Waals surface area contributed by atoms with Crippen molar-refractivity contribution in [1.82, 2.24) is 0 Å². The monoisotopic (exact) mass is 151 g/mol. The van der Waals surface area contributed by atoms with E-state index in [1.54, 1.807) is 24.3 Å². The van der Waals surface area contributed by atoms with Crippen molar-refractivity contribution in [3.8, 4) is 0 Å². The fourth-order valence-corrected chi connectivity index (χ4v) is 0.846. The van der Waals surface area contributed by atoms with E-state index in [-0.39, 0.29) is 6.73 Å². The summed E-state index contributed by atoms with van der Waals surface area (Å²) >= 11 is 0. The van der Waals surface area contributed by atoms with Gasteiger partial charge in [-0.1, -0.05) is 12.1 Å². The minimum atomic E-state index is -0.162. The van der Waals surface area contributed by atoms with Crippen molar-refractivity contribution < 1.29 is 9.90 Å². The Labute approximate surface area is 64.7 Å². The Bertz CT molecular complexity index is 248. The standard InChI is InChI=1S/C8H9NO2/c10-5-7-3-1-2-4-8(7)9-6-11/h1-5,9,11H,6H2. The number of hydrogen-bond donors (Lipinski definition) is 2. The quantitative estimate of drug-likeness (QED) is 0.497. The van der Waals surface area contributed by atoms with E-state index in [2.05, 4.69) is 5.32 Å². The van der Waals surface area contributed by atoms with Gasteiger partial charge in [0.05, 0.1) is 0 Å². The van der Waals surface area contributed by atoms with Crippen molar-refractivity contribution in [1.29, 1.82) is 0 Å². The van der Waals surface area contributed by atoms with E-state index in [0.717, 1.165) is 6.29 Å². The van der Waals surface area contributed by atoms with Gasteiger partial charge in [0, 0.05) is 11.3 Å². The Morgan fingerprint density at radius 1 is 1.45 bits per heavy atom. The molecular formula is C8H9NO2. The van der Waals surface area contributed by atoms with Gasteiger partial charge in [0.1, 0.15) is 6.73 Å². The number of carbonyl (C=O) groups is 1. The van der Waals surface area contributed by atoms with Gasteiger partial charge in [0.15, 0.2) is 6.29 Å². The van der Waals surface area contributed by atoms with Crippen LogP contribution in [-0.4, -0.2) is 18.1 Å². The molecule has 0 atom stereocenters. The molecular weight excluding hydrogens is 142 g/mol. The SMILES string of the molecule is O=Cc1ccccc1NCO. The number of nitrogens with one attached hydrogen (secondary N) is 1. The van der Waals surface area contributed by atoms with E-state index >= 15 is 0 Å². The zero-order valence-corrected chi connectivity index (χ0v) is 5.95. The largest absolute Gasteiger partial charge is 0.377 e. The Morgan fingerprint density at radius 2 is 2.18 bits per heavy atom. The molecule has 0 heterocycles. The number of benzene rings is 1. The summed E-state index contributed by atoms with van der Waals surface area (Å²) in [5.41, 5.74) is 1.21. The maximum Gasteiger partial charge on any atom is 0.152 e. The number of aliphatic hydroxyl groups is 1. The van der Waals surface area contributed by atoms with Gasteiger partial charge < -0.3 is 10.4 Å². The number of aliphatic hydroxyl groups excluding tert-OH is 1. The summed E-state index contributed by atoms with van der Waals surface area (Å²) in [6.07, 6.45) is 0.748. The number of para-hydroxylation sites is 1. The van der Waals surface area contributed by atoms with Gasteiger partial charge in [-0.15, -0.1) is 0 Å². The lowest BCUT2D eigenvalue weighted by Crippen LogP contribution is -2.01. The number of anilines is 1. The third-order valence-corrected chi connectivity index (χ3v) is 1.36. The van der Waals surface area contributed by atoms with Gasteiger partial charge in [-0.3, -0.25) is 4.79 Å². The molecule has 0 spiro atoms.